The number of hydrogen-bond donors (Lipinski definition) is 1. The Kier molecular flexibility index (Phi) is 5.17. The van der Waals surface area contributed by atoms with Crippen molar-refractivity contribution in [2.45, 2.75) is 32.4 Å². The number of rotatable bonds is 4. The van der Waals surface area contributed by atoms with Gasteiger partial charge in [-0.05, 0) is 24.5 Å². The molecule has 0 spiro atoms. The second-order valence-electron chi connectivity index (χ2n) is 6.71. The lowest BCUT2D eigenvalue weighted by molar-refractivity contribution is -0.141. The maximum atomic E-state index is 12.8. The van der Waals surface area contributed by atoms with E-state index in [2.05, 4.69) is 11.4 Å². The van der Waals surface area contributed by atoms with Gasteiger partial charge < -0.3 is 10.2 Å². The van der Waals surface area contributed by atoms with Crippen LogP contribution in [-0.2, 0) is 16.1 Å². The molecule has 0 unspecified atom stereocenters. The van der Waals surface area contributed by atoms with E-state index >= 15 is 0 Å². The fraction of sp³-hybridized carbons (Fsp3) is 0.333. The highest BCUT2D eigenvalue weighted by Crippen LogP contribution is 2.35. The molecule has 2 aromatic carbocycles. The van der Waals surface area contributed by atoms with Crippen LogP contribution in [0.1, 0.15) is 35.6 Å². The number of piperidine rings is 1. The van der Waals surface area contributed by atoms with Crippen molar-refractivity contribution in [3.05, 3.63) is 71.3 Å². The number of nitrogens with zero attached hydrogens (tertiary/aromatic N) is 1. The third-order valence-corrected chi connectivity index (χ3v) is 4.89. The van der Waals surface area contributed by atoms with Crippen molar-refractivity contribution >= 4 is 11.8 Å². The third kappa shape index (κ3) is 3.90. The molecule has 3 rings (SSSR count). The molecule has 1 aliphatic rings. The first-order valence-corrected chi connectivity index (χ1v) is 8.70. The maximum absolute atomic E-state index is 12.8. The van der Waals surface area contributed by atoms with Crippen LogP contribution in [0, 0.1) is 12.8 Å². The van der Waals surface area contributed by atoms with E-state index in [1.807, 2.05) is 55.5 Å². The Morgan fingerprint density at radius 1 is 1.16 bits per heavy atom. The van der Waals surface area contributed by atoms with Crippen molar-refractivity contribution < 1.29 is 9.59 Å². The van der Waals surface area contributed by atoms with Crippen molar-refractivity contribution in [2.75, 3.05) is 7.05 Å². The second kappa shape index (κ2) is 7.51. The highest BCUT2D eigenvalue weighted by atomic mass is 16.2. The number of aryl methyl sites for hydroxylation is 1. The summed E-state index contributed by atoms with van der Waals surface area (Å²) in [6, 6.07) is 17.7. The monoisotopic (exact) mass is 336 g/mol. The molecule has 0 saturated carbocycles. The van der Waals surface area contributed by atoms with Crippen LogP contribution in [0.3, 0.4) is 0 Å². The molecule has 1 N–H and O–H groups in total. The summed E-state index contributed by atoms with van der Waals surface area (Å²) in [5.74, 6) is -0.124. The summed E-state index contributed by atoms with van der Waals surface area (Å²) in [6.07, 6.45) is 1.00. The minimum absolute atomic E-state index is 0.00899. The normalized spacial score (nSPS) is 20.4. The highest BCUT2D eigenvalue weighted by molar-refractivity contribution is 5.84. The van der Waals surface area contributed by atoms with Gasteiger partial charge in [0.2, 0.25) is 11.8 Å². The lowest BCUT2D eigenvalue weighted by Gasteiger charge is -2.38. The summed E-state index contributed by atoms with van der Waals surface area (Å²) in [6.45, 7) is 2.55. The molecule has 1 fully saturated rings. The molecule has 0 radical (unpaired) electrons. The summed E-state index contributed by atoms with van der Waals surface area (Å²) in [5, 5.41) is 3.05. The van der Waals surface area contributed by atoms with Gasteiger partial charge in [-0.15, -0.1) is 0 Å². The topological polar surface area (TPSA) is 49.4 Å². The summed E-state index contributed by atoms with van der Waals surface area (Å²) in [5.41, 5.74) is 3.27. The van der Waals surface area contributed by atoms with Crippen molar-refractivity contribution in [3.8, 4) is 0 Å². The molecular formula is C21H24N2O2. The first-order valence-electron chi connectivity index (χ1n) is 8.70. The average Bonchev–Trinajstić information content (AvgIpc) is 2.62. The molecule has 25 heavy (non-hydrogen) atoms. The van der Waals surface area contributed by atoms with Gasteiger partial charge in [-0.25, -0.2) is 0 Å². The van der Waals surface area contributed by atoms with Gasteiger partial charge in [0, 0.05) is 20.0 Å². The van der Waals surface area contributed by atoms with E-state index in [1.54, 1.807) is 11.9 Å². The Balaban J connectivity index is 1.76. The first-order chi connectivity index (χ1) is 12.1. The molecule has 0 aliphatic carbocycles. The molecule has 1 saturated heterocycles. The maximum Gasteiger partial charge on any atom is 0.225 e. The molecule has 2 amide bonds. The quantitative estimate of drug-likeness (QED) is 0.932. The van der Waals surface area contributed by atoms with E-state index in [1.165, 1.54) is 5.56 Å². The van der Waals surface area contributed by atoms with Gasteiger partial charge >= 0.3 is 0 Å². The summed E-state index contributed by atoms with van der Waals surface area (Å²) >= 11 is 0. The van der Waals surface area contributed by atoms with Gasteiger partial charge in [-0.1, -0.05) is 60.2 Å². The molecule has 0 aromatic heterocycles. The van der Waals surface area contributed by atoms with Crippen LogP contribution in [0.5, 0.6) is 0 Å². The number of likely N-dealkylation sites (tertiary alicyclic amines) is 1. The van der Waals surface area contributed by atoms with Crippen LogP contribution in [-0.4, -0.2) is 23.8 Å². The molecule has 1 aliphatic heterocycles. The average molecular weight is 336 g/mol. The van der Waals surface area contributed by atoms with E-state index in [0.717, 1.165) is 11.1 Å². The van der Waals surface area contributed by atoms with Crippen LogP contribution in [0.2, 0.25) is 0 Å². The zero-order valence-corrected chi connectivity index (χ0v) is 14.7. The van der Waals surface area contributed by atoms with Gasteiger partial charge in [-0.3, -0.25) is 9.59 Å². The van der Waals surface area contributed by atoms with Crippen molar-refractivity contribution in [1.29, 1.82) is 0 Å². The van der Waals surface area contributed by atoms with Crippen LogP contribution in [0.4, 0.5) is 0 Å². The summed E-state index contributed by atoms with van der Waals surface area (Å²) in [4.78, 5) is 26.7. The smallest absolute Gasteiger partial charge is 0.225 e. The number of carbonyl (C=O) groups is 2. The zero-order valence-electron chi connectivity index (χ0n) is 14.7. The molecule has 4 heteroatoms. The number of nitrogens with one attached hydrogen (secondary N) is 1. The van der Waals surface area contributed by atoms with Crippen LogP contribution >= 0.6 is 0 Å². The Hall–Kier alpha value is -2.62. The number of benzene rings is 2. The van der Waals surface area contributed by atoms with Gasteiger partial charge in [0.1, 0.15) is 0 Å². The van der Waals surface area contributed by atoms with E-state index in [-0.39, 0.29) is 23.8 Å². The fourth-order valence-electron chi connectivity index (χ4n) is 3.56. The number of carbonyl (C=O) groups excluding carboxylic acids is 2. The van der Waals surface area contributed by atoms with Crippen LogP contribution in [0.15, 0.2) is 54.6 Å². The summed E-state index contributed by atoms with van der Waals surface area (Å²) in [7, 11) is 1.79. The fourth-order valence-corrected chi connectivity index (χ4v) is 3.56. The predicted molar refractivity (Wildman–Crippen MR) is 97.7 cm³/mol. The molecule has 4 nitrogen and oxygen atoms in total. The minimum Gasteiger partial charge on any atom is -0.352 e. The predicted octanol–water partition coefficient (Wildman–Crippen LogP) is 3.22. The number of hydrogen-bond acceptors (Lipinski definition) is 2. The van der Waals surface area contributed by atoms with Crippen molar-refractivity contribution in [2.24, 2.45) is 5.92 Å². The zero-order chi connectivity index (χ0) is 17.8. The molecule has 1 heterocycles. The highest BCUT2D eigenvalue weighted by Gasteiger charge is 2.38. The van der Waals surface area contributed by atoms with Gasteiger partial charge in [0.05, 0.1) is 12.0 Å². The summed E-state index contributed by atoms with van der Waals surface area (Å²) < 4.78 is 0. The van der Waals surface area contributed by atoms with Crippen LogP contribution in [0.25, 0.3) is 0 Å². The standard InChI is InChI=1S/C21H24N2O2/c1-15-7-6-8-16(13-15)14-22-21(25)18-11-12-19(24)23(2)20(18)17-9-4-3-5-10-17/h3-10,13,18,20H,11-12,14H2,1-2H3,(H,22,25)/t18-,20+/m1/s1. The molecule has 0 bridgehead atoms. The van der Waals surface area contributed by atoms with E-state index in [9.17, 15) is 9.59 Å². The SMILES string of the molecule is Cc1cccc(CNC(=O)[C@@H]2CCC(=O)N(C)[C@H]2c2ccccc2)c1. The number of amides is 2. The molecule has 2 aromatic rings. The molecule has 130 valence electrons. The Bertz CT molecular complexity index is 758. The lowest BCUT2D eigenvalue weighted by Crippen LogP contribution is -2.46. The largest absolute Gasteiger partial charge is 0.352 e. The van der Waals surface area contributed by atoms with Gasteiger partial charge in [0.15, 0.2) is 0 Å². The third-order valence-electron chi connectivity index (χ3n) is 4.89. The molecular weight excluding hydrogens is 312 g/mol. The first kappa shape index (κ1) is 17.2. The van der Waals surface area contributed by atoms with E-state index in [0.29, 0.717) is 19.4 Å². The van der Waals surface area contributed by atoms with Crippen molar-refractivity contribution in [1.82, 2.24) is 10.2 Å². The lowest BCUT2D eigenvalue weighted by atomic mass is 9.84. The van der Waals surface area contributed by atoms with Crippen molar-refractivity contribution in [3.63, 3.8) is 0 Å². The Morgan fingerprint density at radius 3 is 2.64 bits per heavy atom. The van der Waals surface area contributed by atoms with E-state index in [4.69, 9.17) is 0 Å². The second-order valence-corrected chi connectivity index (χ2v) is 6.71. The Morgan fingerprint density at radius 2 is 1.92 bits per heavy atom. The van der Waals surface area contributed by atoms with Gasteiger partial charge in [-0.2, -0.15) is 0 Å². The Labute approximate surface area is 148 Å². The minimum atomic E-state index is -0.227. The van der Waals surface area contributed by atoms with Crippen LogP contribution < -0.4 is 5.32 Å². The van der Waals surface area contributed by atoms with E-state index < -0.39 is 0 Å². The molecule has 2 atom stereocenters. The van der Waals surface area contributed by atoms with Gasteiger partial charge in [0.25, 0.3) is 0 Å².